The van der Waals surface area contributed by atoms with Crippen LogP contribution in [0.2, 0.25) is 0 Å². The van der Waals surface area contributed by atoms with Gasteiger partial charge in [0.1, 0.15) is 11.1 Å². The molecule has 0 saturated heterocycles. The average Bonchev–Trinajstić information content (AvgIpc) is 2.93. The molecular weight excluding hydrogens is 274 g/mol. The zero-order chi connectivity index (χ0) is 15.1. The highest BCUT2D eigenvalue weighted by Gasteiger charge is 2.22. The highest BCUT2D eigenvalue weighted by molar-refractivity contribution is 6.12. The number of H-pyrrole nitrogens is 2. The van der Waals surface area contributed by atoms with E-state index in [1.807, 2.05) is 13.8 Å². The molecule has 108 valence electrons. The SMILES string of the molecule is Cc1[nH]nc(NC(=O)c2c(C)oc3nc[nH]c(=O)c23)c1C. The van der Waals surface area contributed by atoms with Gasteiger partial charge in [0, 0.05) is 11.3 Å². The molecule has 8 heteroatoms. The minimum absolute atomic E-state index is 0.135. The quantitative estimate of drug-likeness (QED) is 0.659. The first-order chi connectivity index (χ1) is 9.99. The number of aromatic nitrogens is 4. The predicted octanol–water partition coefficient (Wildman–Crippen LogP) is 1.42. The standard InChI is InChI=1S/C13H13N5O3/c1-5-6(2)17-18-10(5)16-12(20)8-7(3)21-13-9(8)11(19)14-4-15-13/h4H,1-3H3,(H,14,15,19)(H2,16,17,18,20). The van der Waals surface area contributed by atoms with Crippen molar-refractivity contribution in [1.82, 2.24) is 20.2 Å². The lowest BCUT2D eigenvalue weighted by Gasteiger charge is -2.02. The van der Waals surface area contributed by atoms with E-state index in [4.69, 9.17) is 4.42 Å². The van der Waals surface area contributed by atoms with E-state index in [0.717, 1.165) is 11.3 Å². The number of furan rings is 1. The van der Waals surface area contributed by atoms with E-state index >= 15 is 0 Å². The van der Waals surface area contributed by atoms with E-state index < -0.39 is 11.5 Å². The summed E-state index contributed by atoms with van der Waals surface area (Å²) >= 11 is 0. The first kappa shape index (κ1) is 13.1. The number of anilines is 1. The maximum atomic E-state index is 12.4. The summed E-state index contributed by atoms with van der Waals surface area (Å²) in [6, 6.07) is 0. The van der Waals surface area contributed by atoms with Crippen LogP contribution in [0.3, 0.4) is 0 Å². The maximum Gasteiger partial charge on any atom is 0.262 e. The smallest absolute Gasteiger partial charge is 0.262 e. The van der Waals surface area contributed by atoms with Crippen LogP contribution < -0.4 is 10.9 Å². The number of fused-ring (bicyclic) bond motifs is 1. The summed E-state index contributed by atoms with van der Waals surface area (Å²) in [5.74, 6) is 0.294. The number of carbonyl (C=O) groups is 1. The van der Waals surface area contributed by atoms with Crippen molar-refractivity contribution in [3.63, 3.8) is 0 Å². The number of nitrogens with one attached hydrogen (secondary N) is 3. The van der Waals surface area contributed by atoms with Crippen molar-refractivity contribution in [1.29, 1.82) is 0 Å². The molecular formula is C13H13N5O3. The van der Waals surface area contributed by atoms with Gasteiger partial charge in [0.15, 0.2) is 5.82 Å². The van der Waals surface area contributed by atoms with Gasteiger partial charge in [0.2, 0.25) is 5.71 Å². The van der Waals surface area contributed by atoms with E-state index in [1.165, 1.54) is 6.33 Å². The first-order valence-corrected chi connectivity index (χ1v) is 6.28. The molecule has 0 aliphatic rings. The lowest BCUT2D eigenvalue weighted by Crippen LogP contribution is -2.17. The van der Waals surface area contributed by atoms with Crippen molar-refractivity contribution in [2.45, 2.75) is 20.8 Å². The van der Waals surface area contributed by atoms with Gasteiger partial charge in [-0.2, -0.15) is 5.10 Å². The topological polar surface area (TPSA) is 117 Å². The van der Waals surface area contributed by atoms with Crippen LogP contribution in [-0.4, -0.2) is 26.1 Å². The normalized spacial score (nSPS) is 11.0. The van der Waals surface area contributed by atoms with Gasteiger partial charge in [0.05, 0.1) is 11.9 Å². The Labute approximate surface area is 118 Å². The van der Waals surface area contributed by atoms with Crippen LogP contribution >= 0.6 is 0 Å². The molecule has 3 rings (SSSR count). The summed E-state index contributed by atoms with van der Waals surface area (Å²) in [6.45, 7) is 5.30. The highest BCUT2D eigenvalue weighted by Crippen LogP contribution is 2.22. The lowest BCUT2D eigenvalue weighted by molar-refractivity contribution is 0.102. The number of hydrogen-bond donors (Lipinski definition) is 3. The second kappa shape index (κ2) is 4.58. The van der Waals surface area contributed by atoms with Gasteiger partial charge >= 0.3 is 0 Å². The zero-order valence-corrected chi connectivity index (χ0v) is 11.7. The van der Waals surface area contributed by atoms with E-state index in [2.05, 4.69) is 25.5 Å². The van der Waals surface area contributed by atoms with Crippen LogP contribution in [0.1, 0.15) is 27.4 Å². The minimum Gasteiger partial charge on any atom is -0.442 e. The number of carbonyl (C=O) groups excluding carboxylic acids is 1. The number of aromatic amines is 2. The summed E-state index contributed by atoms with van der Waals surface area (Å²) in [4.78, 5) is 30.6. The van der Waals surface area contributed by atoms with E-state index in [9.17, 15) is 9.59 Å². The molecule has 0 aromatic carbocycles. The molecule has 1 amide bonds. The van der Waals surface area contributed by atoms with Crippen molar-refractivity contribution < 1.29 is 9.21 Å². The van der Waals surface area contributed by atoms with Crippen molar-refractivity contribution in [2.75, 3.05) is 5.32 Å². The third kappa shape index (κ3) is 2.00. The van der Waals surface area contributed by atoms with Crippen molar-refractivity contribution in [3.8, 4) is 0 Å². The van der Waals surface area contributed by atoms with Crippen molar-refractivity contribution in [2.24, 2.45) is 0 Å². The van der Waals surface area contributed by atoms with Crippen molar-refractivity contribution in [3.05, 3.63) is 39.3 Å². The lowest BCUT2D eigenvalue weighted by atomic mass is 10.1. The Morgan fingerprint density at radius 1 is 1.33 bits per heavy atom. The molecule has 3 aromatic rings. The molecule has 21 heavy (non-hydrogen) atoms. The molecule has 0 unspecified atom stereocenters. The van der Waals surface area contributed by atoms with Crippen LogP contribution in [0.5, 0.6) is 0 Å². The van der Waals surface area contributed by atoms with Gasteiger partial charge < -0.3 is 14.7 Å². The van der Waals surface area contributed by atoms with Gasteiger partial charge in [-0.05, 0) is 20.8 Å². The average molecular weight is 287 g/mol. The molecule has 3 aromatic heterocycles. The molecule has 0 radical (unpaired) electrons. The molecule has 0 fully saturated rings. The molecule has 0 aliphatic heterocycles. The Bertz CT molecular complexity index is 902. The Kier molecular flexibility index (Phi) is 2.86. The fourth-order valence-electron chi connectivity index (χ4n) is 2.10. The Morgan fingerprint density at radius 3 is 2.76 bits per heavy atom. The fraction of sp³-hybridized carbons (Fsp3) is 0.231. The number of rotatable bonds is 2. The number of amides is 1. The van der Waals surface area contributed by atoms with Crippen LogP contribution in [-0.2, 0) is 0 Å². The Morgan fingerprint density at radius 2 is 2.10 bits per heavy atom. The summed E-state index contributed by atoms with van der Waals surface area (Å²) in [6.07, 6.45) is 1.23. The van der Waals surface area contributed by atoms with Gasteiger partial charge in [-0.3, -0.25) is 14.7 Å². The molecule has 0 bridgehead atoms. The third-order valence-corrected chi connectivity index (χ3v) is 3.38. The Hall–Kier alpha value is -2.90. The second-order valence-corrected chi connectivity index (χ2v) is 4.72. The van der Waals surface area contributed by atoms with Gasteiger partial charge in [0.25, 0.3) is 11.5 Å². The molecule has 3 N–H and O–H groups in total. The maximum absolute atomic E-state index is 12.4. The summed E-state index contributed by atoms with van der Waals surface area (Å²) < 4.78 is 5.35. The molecule has 8 nitrogen and oxygen atoms in total. The van der Waals surface area contributed by atoms with Crippen LogP contribution in [0, 0.1) is 20.8 Å². The molecule has 0 aliphatic carbocycles. The van der Waals surface area contributed by atoms with Gasteiger partial charge in [-0.15, -0.1) is 0 Å². The summed E-state index contributed by atoms with van der Waals surface area (Å²) in [5.41, 5.74) is 1.58. The number of nitrogens with zero attached hydrogens (tertiary/aromatic N) is 2. The summed E-state index contributed by atoms with van der Waals surface area (Å²) in [7, 11) is 0. The molecule has 0 spiro atoms. The zero-order valence-electron chi connectivity index (χ0n) is 11.7. The monoisotopic (exact) mass is 287 g/mol. The summed E-state index contributed by atoms with van der Waals surface area (Å²) in [5, 5.41) is 9.60. The van der Waals surface area contributed by atoms with E-state index in [-0.39, 0.29) is 16.7 Å². The van der Waals surface area contributed by atoms with Crippen LogP contribution in [0.25, 0.3) is 11.1 Å². The highest BCUT2D eigenvalue weighted by atomic mass is 16.3. The third-order valence-electron chi connectivity index (χ3n) is 3.38. The minimum atomic E-state index is -0.459. The molecule has 3 heterocycles. The number of aryl methyl sites for hydroxylation is 2. The predicted molar refractivity (Wildman–Crippen MR) is 75.4 cm³/mol. The van der Waals surface area contributed by atoms with Crippen LogP contribution in [0.15, 0.2) is 15.5 Å². The van der Waals surface area contributed by atoms with Gasteiger partial charge in [-0.1, -0.05) is 0 Å². The van der Waals surface area contributed by atoms with Crippen LogP contribution in [0.4, 0.5) is 5.82 Å². The molecule has 0 atom stereocenters. The van der Waals surface area contributed by atoms with E-state index in [1.54, 1.807) is 6.92 Å². The van der Waals surface area contributed by atoms with E-state index in [0.29, 0.717) is 11.6 Å². The first-order valence-electron chi connectivity index (χ1n) is 6.28. The number of hydrogen-bond acceptors (Lipinski definition) is 5. The molecule has 0 saturated carbocycles. The Balaban J connectivity index is 2.08. The fourth-order valence-corrected chi connectivity index (χ4v) is 2.10. The second-order valence-electron chi connectivity index (χ2n) is 4.72. The largest absolute Gasteiger partial charge is 0.442 e. The van der Waals surface area contributed by atoms with Gasteiger partial charge in [-0.25, -0.2) is 4.98 Å². The van der Waals surface area contributed by atoms with Crippen molar-refractivity contribution >= 4 is 22.8 Å².